The normalized spacial score (nSPS) is 13.7. The number of anilines is 1. The minimum absolute atomic E-state index is 0.0404. The van der Waals surface area contributed by atoms with Crippen LogP contribution in [0, 0.1) is 11.3 Å². The van der Waals surface area contributed by atoms with E-state index in [-0.39, 0.29) is 5.91 Å². The molecule has 0 N–H and O–H groups in total. The maximum atomic E-state index is 12.8. The van der Waals surface area contributed by atoms with E-state index in [1.807, 2.05) is 35.2 Å². The Hall–Kier alpha value is -2.71. The van der Waals surface area contributed by atoms with E-state index in [4.69, 9.17) is 40.1 Å². The summed E-state index contributed by atoms with van der Waals surface area (Å²) in [6.45, 7) is 2.40. The molecule has 3 aromatic carbocycles. The van der Waals surface area contributed by atoms with Crippen LogP contribution in [0.2, 0.25) is 15.1 Å². The van der Waals surface area contributed by atoms with Crippen molar-refractivity contribution in [3.63, 3.8) is 0 Å². The summed E-state index contributed by atoms with van der Waals surface area (Å²) < 4.78 is 0. The molecule has 7 heteroatoms. The number of nitrogens with zero attached hydrogens (tertiary/aromatic N) is 3. The molecule has 1 heterocycles. The molecule has 3 aromatic rings. The Bertz CT molecular complexity index is 1160. The van der Waals surface area contributed by atoms with Crippen LogP contribution in [0.3, 0.4) is 0 Å². The van der Waals surface area contributed by atoms with Crippen molar-refractivity contribution in [2.75, 3.05) is 31.1 Å². The van der Waals surface area contributed by atoms with Crippen molar-refractivity contribution in [2.24, 2.45) is 0 Å². The van der Waals surface area contributed by atoms with Gasteiger partial charge in [-0.15, -0.1) is 0 Å². The second kappa shape index (κ2) is 9.20. The first-order valence-corrected chi connectivity index (χ1v) is 10.9. The van der Waals surface area contributed by atoms with E-state index >= 15 is 0 Å². The topological polar surface area (TPSA) is 47.3 Å². The molecule has 0 atom stereocenters. The van der Waals surface area contributed by atoms with Crippen molar-refractivity contribution in [1.29, 1.82) is 5.26 Å². The Balaban J connectivity index is 1.56. The number of hydrogen-bond acceptors (Lipinski definition) is 3. The van der Waals surface area contributed by atoms with Crippen molar-refractivity contribution in [1.82, 2.24) is 4.90 Å². The molecule has 1 aliphatic heterocycles. The van der Waals surface area contributed by atoms with Gasteiger partial charge in [0.1, 0.15) is 0 Å². The molecule has 1 amide bonds. The molecule has 1 saturated heterocycles. The summed E-state index contributed by atoms with van der Waals surface area (Å²) >= 11 is 19.1. The minimum atomic E-state index is -0.0404. The van der Waals surface area contributed by atoms with Gasteiger partial charge < -0.3 is 9.80 Å². The highest BCUT2D eigenvalue weighted by Gasteiger charge is 2.25. The Labute approximate surface area is 196 Å². The zero-order valence-electron chi connectivity index (χ0n) is 16.5. The standard InChI is InChI=1S/C24H18Cl3N3O/c25-19-3-1-2-18(12-19)21-13-20(26)14-22(27)23(21)29-8-10-30(11-9-29)24(31)17-6-4-16(15-28)5-7-17/h1-7,12-14H,8-11H2. The number of nitriles is 1. The van der Waals surface area contributed by atoms with Gasteiger partial charge in [0, 0.05) is 47.4 Å². The van der Waals surface area contributed by atoms with Crippen LogP contribution in [0.4, 0.5) is 5.69 Å². The van der Waals surface area contributed by atoms with Crippen LogP contribution in [0.15, 0.2) is 60.7 Å². The number of carbonyl (C=O) groups is 1. The Morgan fingerprint density at radius 1 is 0.871 bits per heavy atom. The number of piperazine rings is 1. The second-order valence-electron chi connectivity index (χ2n) is 7.26. The van der Waals surface area contributed by atoms with Gasteiger partial charge in [0.25, 0.3) is 5.91 Å². The first-order valence-electron chi connectivity index (χ1n) is 9.75. The van der Waals surface area contributed by atoms with Gasteiger partial charge in [0.05, 0.1) is 22.3 Å². The largest absolute Gasteiger partial charge is 0.366 e. The van der Waals surface area contributed by atoms with Gasteiger partial charge in [0.2, 0.25) is 0 Å². The van der Waals surface area contributed by atoms with E-state index in [1.54, 1.807) is 30.3 Å². The first-order chi connectivity index (χ1) is 15.0. The van der Waals surface area contributed by atoms with Crippen LogP contribution in [0.5, 0.6) is 0 Å². The Morgan fingerprint density at radius 2 is 1.58 bits per heavy atom. The van der Waals surface area contributed by atoms with Gasteiger partial charge in [-0.05, 0) is 54.1 Å². The van der Waals surface area contributed by atoms with Crippen molar-refractivity contribution in [3.05, 3.63) is 86.9 Å². The van der Waals surface area contributed by atoms with E-state index < -0.39 is 0 Å². The maximum Gasteiger partial charge on any atom is 0.253 e. The van der Waals surface area contributed by atoms with Gasteiger partial charge in [-0.1, -0.05) is 46.9 Å². The van der Waals surface area contributed by atoms with Gasteiger partial charge in [-0.2, -0.15) is 5.26 Å². The van der Waals surface area contributed by atoms with Crippen LogP contribution >= 0.6 is 34.8 Å². The highest BCUT2D eigenvalue weighted by atomic mass is 35.5. The van der Waals surface area contributed by atoms with Crippen LogP contribution in [0.1, 0.15) is 15.9 Å². The third-order valence-electron chi connectivity index (χ3n) is 5.31. The van der Waals surface area contributed by atoms with Crippen molar-refractivity contribution in [2.45, 2.75) is 0 Å². The zero-order valence-corrected chi connectivity index (χ0v) is 18.8. The molecule has 4 rings (SSSR count). The highest BCUT2D eigenvalue weighted by molar-refractivity contribution is 6.37. The van der Waals surface area contributed by atoms with Crippen LogP contribution in [0.25, 0.3) is 11.1 Å². The summed E-state index contributed by atoms with van der Waals surface area (Å²) in [7, 11) is 0. The number of hydrogen-bond donors (Lipinski definition) is 0. The molecule has 0 aromatic heterocycles. The number of halogens is 3. The molecule has 0 bridgehead atoms. The third-order valence-corrected chi connectivity index (χ3v) is 6.05. The van der Waals surface area contributed by atoms with Gasteiger partial charge in [-0.3, -0.25) is 4.79 Å². The van der Waals surface area contributed by atoms with Crippen molar-refractivity contribution >= 4 is 46.4 Å². The van der Waals surface area contributed by atoms with E-state index in [1.165, 1.54) is 0 Å². The van der Waals surface area contributed by atoms with Crippen LogP contribution < -0.4 is 4.90 Å². The lowest BCUT2D eigenvalue weighted by Crippen LogP contribution is -2.49. The highest BCUT2D eigenvalue weighted by Crippen LogP contribution is 2.40. The van der Waals surface area contributed by atoms with E-state index in [0.717, 1.165) is 16.8 Å². The molecule has 0 spiro atoms. The molecule has 1 aliphatic rings. The lowest BCUT2D eigenvalue weighted by Gasteiger charge is -2.37. The van der Waals surface area contributed by atoms with Crippen LogP contribution in [-0.2, 0) is 0 Å². The fourth-order valence-corrected chi connectivity index (χ4v) is 4.57. The quantitative estimate of drug-likeness (QED) is 0.461. The molecule has 0 saturated carbocycles. The van der Waals surface area contributed by atoms with Crippen molar-refractivity contribution in [3.8, 4) is 17.2 Å². The number of carbonyl (C=O) groups excluding carboxylic acids is 1. The second-order valence-corrected chi connectivity index (χ2v) is 8.54. The summed E-state index contributed by atoms with van der Waals surface area (Å²) in [5.41, 5.74) is 3.84. The molecule has 1 fully saturated rings. The average molecular weight is 471 g/mol. The zero-order chi connectivity index (χ0) is 22.0. The molecule has 0 aliphatic carbocycles. The molecule has 0 radical (unpaired) electrons. The van der Waals surface area contributed by atoms with Crippen molar-refractivity contribution < 1.29 is 4.79 Å². The molecule has 156 valence electrons. The van der Waals surface area contributed by atoms with E-state index in [2.05, 4.69) is 11.0 Å². The molecule has 0 unspecified atom stereocenters. The fraction of sp³-hybridized carbons (Fsp3) is 0.167. The predicted octanol–water partition coefficient (Wildman–Crippen LogP) is 6.15. The number of amides is 1. The first kappa shape index (κ1) is 21.5. The number of rotatable bonds is 3. The average Bonchev–Trinajstić information content (AvgIpc) is 2.78. The molecule has 4 nitrogen and oxygen atoms in total. The Kier molecular flexibility index (Phi) is 6.38. The Morgan fingerprint density at radius 3 is 2.23 bits per heavy atom. The lowest BCUT2D eigenvalue weighted by molar-refractivity contribution is 0.0747. The summed E-state index contributed by atoms with van der Waals surface area (Å²) in [5.74, 6) is -0.0404. The summed E-state index contributed by atoms with van der Waals surface area (Å²) in [6.07, 6.45) is 0. The summed E-state index contributed by atoms with van der Waals surface area (Å²) in [4.78, 5) is 16.8. The monoisotopic (exact) mass is 469 g/mol. The smallest absolute Gasteiger partial charge is 0.253 e. The fourth-order valence-electron chi connectivity index (χ4n) is 3.77. The summed E-state index contributed by atoms with van der Waals surface area (Å²) in [6, 6.07) is 20.0. The number of benzene rings is 3. The third kappa shape index (κ3) is 4.65. The molecule has 31 heavy (non-hydrogen) atoms. The SMILES string of the molecule is N#Cc1ccc(C(=O)N2CCN(c3c(Cl)cc(Cl)cc3-c3cccc(Cl)c3)CC2)cc1. The molecular weight excluding hydrogens is 453 g/mol. The molecular formula is C24H18Cl3N3O. The van der Waals surface area contributed by atoms with E-state index in [0.29, 0.717) is 52.4 Å². The van der Waals surface area contributed by atoms with Crippen LogP contribution in [-0.4, -0.2) is 37.0 Å². The minimum Gasteiger partial charge on any atom is -0.366 e. The predicted molar refractivity (Wildman–Crippen MR) is 126 cm³/mol. The van der Waals surface area contributed by atoms with Gasteiger partial charge in [-0.25, -0.2) is 0 Å². The summed E-state index contributed by atoms with van der Waals surface area (Å²) in [5, 5.41) is 10.7. The lowest BCUT2D eigenvalue weighted by atomic mass is 10.0. The van der Waals surface area contributed by atoms with E-state index in [9.17, 15) is 4.79 Å². The van der Waals surface area contributed by atoms with Gasteiger partial charge >= 0.3 is 0 Å². The van der Waals surface area contributed by atoms with Gasteiger partial charge in [0.15, 0.2) is 0 Å². The maximum absolute atomic E-state index is 12.8.